The first-order valence-corrected chi connectivity index (χ1v) is 6.61. The maximum Gasteiger partial charge on any atom is 0.218 e. The van der Waals surface area contributed by atoms with Crippen molar-refractivity contribution in [2.24, 2.45) is 0 Å². The molecule has 1 aliphatic rings. The van der Waals surface area contributed by atoms with E-state index in [2.05, 4.69) is 15.3 Å². The molecule has 0 radical (unpaired) electrons. The smallest absolute Gasteiger partial charge is 0.218 e. The molecule has 6 heteroatoms. The molecule has 6 nitrogen and oxygen atoms in total. The van der Waals surface area contributed by atoms with Crippen LogP contribution >= 0.6 is 0 Å². The van der Waals surface area contributed by atoms with Crippen LogP contribution in [0.25, 0.3) is 0 Å². The lowest BCUT2D eigenvalue weighted by atomic mass is 10.1. The zero-order chi connectivity index (χ0) is 13.5. The van der Waals surface area contributed by atoms with Crippen LogP contribution in [0.3, 0.4) is 0 Å². The molecule has 0 aromatic carbocycles. The molecule has 1 atom stereocenters. The van der Waals surface area contributed by atoms with Crippen LogP contribution in [0.4, 0.5) is 5.82 Å². The van der Waals surface area contributed by atoms with Crippen molar-refractivity contribution in [3.63, 3.8) is 0 Å². The van der Waals surface area contributed by atoms with Crippen molar-refractivity contribution in [1.82, 2.24) is 9.97 Å². The fraction of sp³-hybridized carbons (Fsp3) is 0.692. The summed E-state index contributed by atoms with van der Waals surface area (Å²) in [6.07, 6.45) is 3.57. The summed E-state index contributed by atoms with van der Waals surface area (Å²) in [4.78, 5) is 8.58. The Morgan fingerprint density at radius 3 is 3.00 bits per heavy atom. The number of hydrogen-bond acceptors (Lipinski definition) is 6. The van der Waals surface area contributed by atoms with Gasteiger partial charge in [0, 0.05) is 26.8 Å². The maximum atomic E-state index is 5.70. The first-order valence-electron chi connectivity index (χ1n) is 6.61. The van der Waals surface area contributed by atoms with Crippen LogP contribution in [-0.4, -0.2) is 43.4 Å². The van der Waals surface area contributed by atoms with Crippen molar-refractivity contribution in [3.8, 4) is 5.88 Å². The summed E-state index contributed by atoms with van der Waals surface area (Å²) in [5.74, 6) is 1.89. The molecule has 1 aromatic heterocycles. The zero-order valence-electron chi connectivity index (χ0n) is 11.5. The molecule has 0 spiro atoms. The highest BCUT2D eigenvalue weighted by molar-refractivity contribution is 5.37. The van der Waals surface area contributed by atoms with Crippen molar-refractivity contribution in [2.75, 3.05) is 32.7 Å². The molecule has 1 aliphatic heterocycles. The molecule has 1 N–H and O–H groups in total. The van der Waals surface area contributed by atoms with E-state index in [1.54, 1.807) is 13.2 Å². The fourth-order valence-corrected chi connectivity index (χ4v) is 1.99. The minimum atomic E-state index is 0.174. The molecule has 1 saturated heterocycles. The number of rotatable bonds is 6. The molecular formula is C13H21N3O3. The molecule has 1 unspecified atom stereocenters. The highest BCUT2D eigenvalue weighted by Gasteiger charge is 2.15. The molecule has 0 saturated carbocycles. The largest absolute Gasteiger partial charge is 0.475 e. The van der Waals surface area contributed by atoms with E-state index >= 15 is 0 Å². The summed E-state index contributed by atoms with van der Waals surface area (Å²) in [6.45, 7) is 1.73. The van der Waals surface area contributed by atoms with Gasteiger partial charge in [0.05, 0.1) is 6.10 Å². The summed E-state index contributed by atoms with van der Waals surface area (Å²) in [5, 5.41) is 2.99. The second-order valence-corrected chi connectivity index (χ2v) is 4.49. The van der Waals surface area contributed by atoms with Crippen LogP contribution in [0.1, 0.15) is 25.1 Å². The van der Waals surface area contributed by atoms with Gasteiger partial charge in [0.25, 0.3) is 0 Å². The zero-order valence-corrected chi connectivity index (χ0v) is 11.5. The maximum absolute atomic E-state index is 5.70. The molecule has 0 bridgehead atoms. The molecule has 1 fully saturated rings. The molecule has 1 aromatic rings. The highest BCUT2D eigenvalue weighted by atomic mass is 16.5. The van der Waals surface area contributed by atoms with Crippen molar-refractivity contribution < 1.29 is 14.2 Å². The van der Waals surface area contributed by atoms with Gasteiger partial charge >= 0.3 is 0 Å². The number of ether oxygens (including phenoxy) is 3. The van der Waals surface area contributed by atoms with Gasteiger partial charge in [0.15, 0.2) is 5.82 Å². The monoisotopic (exact) mass is 267 g/mol. The van der Waals surface area contributed by atoms with E-state index in [1.165, 1.54) is 6.42 Å². The third-order valence-corrected chi connectivity index (χ3v) is 2.97. The lowest BCUT2D eigenvalue weighted by Crippen LogP contribution is -2.26. The Morgan fingerprint density at radius 1 is 1.42 bits per heavy atom. The Labute approximate surface area is 113 Å². The number of hydrogen-bond donors (Lipinski definition) is 1. The van der Waals surface area contributed by atoms with Crippen molar-refractivity contribution >= 4 is 5.82 Å². The highest BCUT2D eigenvalue weighted by Crippen LogP contribution is 2.17. The first-order chi connectivity index (χ1) is 9.31. The van der Waals surface area contributed by atoms with Crippen LogP contribution in [0, 0.1) is 0 Å². The molecule has 2 heterocycles. The second-order valence-electron chi connectivity index (χ2n) is 4.49. The lowest BCUT2D eigenvalue weighted by molar-refractivity contribution is -0.0120. The van der Waals surface area contributed by atoms with E-state index in [-0.39, 0.29) is 6.10 Å². The third-order valence-electron chi connectivity index (χ3n) is 2.97. The quantitative estimate of drug-likeness (QED) is 0.844. The van der Waals surface area contributed by atoms with Gasteiger partial charge in [-0.2, -0.15) is 4.98 Å². The van der Waals surface area contributed by atoms with Crippen LogP contribution < -0.4 is 10.1 Å². The van der Waals surface area contributed by atoms with Gasteiger partial charge in [-0.1, -0.05) is 0 Å². The predicted molar refractivity (Wildman–Crippen MR) is 71.4 cm³/mol. The summed E-state index contributed by atoms with van der Waals surface area (Å²) in [6, 6.07) is 1.78. The second kappa shape index (κ2) is 7.25. The summed E-state index contributed by atoms with van der Waals surface area (Å²) >= 11 is 0. The van der Waals surface area contributed by atoms with Crippen LogP contribution in [-0.2, 0) is 16.1 Å². The van der Waals surface area contributed by atoms with E-state index in [0.29, 0.717) is 24.9 Å². The molecule has 106 valence electrons. The van der Waals surface area contributed by atoms with Gasteiger partial charge in [-0.25, -0.2) is 4.98 Å². The predicted octanol–water partition coefficient (Wildman–Crippen LogP) is 1.61. The lowest BCUT2D eigenvalue weighted by Gasteiger charge is -2.22. The van der Waals surface area contributed by atoms with E-state index in [9.17, 15) is 0 Å². The Balaban J connectivity index is 1.95. The van der Waals surface area contributed by atoms with Gasteiger partial charge in [0.2, 0.25) is 5.88 Å². The average Bonchev–Trinajstić information content (AvgIpc) is 2.46. The van der Waals surface area contributed by atoms with Crippen LogP contribution in [0.15, 0.2) is 6.07 Å². The van der Waals surface area contributed by atoms with Gasteiger partial charge in [0.1, 0.15) is 19.0 Å². The number of nitrogens with one attached hydrogen (secondary N) is 1. The summed E-state index contributed by atoms with van der Waals surface area (Å²) in [7, 11) is 3.43. The third kappa shape index (κ3) is 4.33. The average molecular weight is 267 g/mol. The SMILES string of the molecule is CNc1cc(OCC2CCCCO2)nc(COC)n1. The van der Waals surface area contributed by atoms with Crippen LogP contribution in [0.5, 0.6) is 5.88 Å². The minimum Gasteiger partial charge on any atom is -0.475 e. The van der Waals surface area contributed by atoms with Gasteiger partial charge in [-0.05, 0) is 19.3 Å². The van der Waals surface area contributed by atoms with Crippen molar-refractivity contribution in [2.45, 2.75) is 32.0 Å². The standard InChI is InChI=1S/C13H21N3O3/c1-14-11-7-13(16-12(15-11)9-17-2)19-8-10-5-3-4-6-18-10/h7,10H,3-6,8-9H2,1-2H3,(H,14,15,16). The van der Waals surface area contributed by atoms with E-state index in [1.807, 2.05) is 7.05 Å². The van der Waals surface area contributed by atoms with Crippen LogP contribution in [0.2, 0.25) is 0 Å². The molecule has 0 amide bonds. The molecule has 2 rings (SSSR count). The molecule has 0 aliphatic carbocycles. The van der Waals surface area contributed by atoms with Gasteiger partial charge < -0.3 is 19.5 Å². The summed E-state index contributed by atoms with van der Waals surface area (Å²) < 4.78 is 16.4. The van der Waals surface area contributed by atoms with E-state index < -0.39 is 0 Å². The topological polar surface area (TPSA) is 65.5 Å². The Bertz CT molecular complexity index is 395. The number of aromatic nitrogens is 2. The van der Waals surface area contributed by atoms with Crippen molar-refractivity contribution in [1.29, 1.82) is 0 Å². The molecular weight excluding hydrogens is 246 g/mol. The Morgan fingerprint density at radius 2 is 2.32 bits per heavy atom. The summed E-state index contributed by atoms with van der Waals surface area (Å²) in [5.41, 5.74) is 0. The van der Waals surface area contributed by atoms with Gasteiger partial charge in [-0.15, -0.1) is 0 Å². The first kappa shape index (κ1) is 14.0. The minimum absolute atomic E-state index is 0.174. The fourth-order valence-electron chi connectivity index (χ4n) is 1.99. The van der Waals surface area contributed by atoms with Crippen molar-refractivity contribution in [3.05, 3.63) is 11.9 Å². The number of nitrogens with zero attached hydrogens (tertiary/aromatic N) is 2. The van der Waals surface area contributed by atoms with E-state index in [4.69, 9.17) is 14.2 Å². The molecule has 19 heavy (non-hydrogen) atoms. The van der Waals surface area contributed by atoms with Gasteiger partial charge in [-0.3, -0.25) is 0 Å². The number of anilines is 1. The Kier molecular flexibility index (Phi) is 5.35. The Hall–Kier alpha value is -1.40. The van der Waals surface area contributed by atoms with E-state index in [0.717, 1.165) is 25.3 Å². The number of methoxy groups -OCH3 is 1. The normalized spacial score (nSPS) is 19.2.